The number of hydrogen-bond acceptors (Lipinski definition) is 5. The van der Waals surface area contributed by atoms with Crippen LogP contribution >= 0.6 is 0 Å². The van der Waals surface area contributed by atoms with Gasteiger partial charge in [-0.15, -0.1) is 0 Å². The summed E-state index contributed by atoms with van der Waals surface area (Å²) in [5.41, 5.74) is 0.723. The summed E-state index contributed by atoms with van der Waals surface area (Å²) in [6, 6.07) is 13.9. The Morgan fingerprint density at radius 2 is 1.80 bits per heavy atom. The van der Waals surface area contributed by atoms with Crippen LogP contribution in [0, 0.1) is 10.1 Å². The number of hydrogen-bond donors (Lipinski definition) is 0. The maximum Gasteiger partial charge on any atom is 0.269 e. The lowest BCUT2D eigenvalue weighted by molar-refractivity contribution is -0.384. The van der Waals surface area contributed by atoms with E-state index in [1.165, 1.54) is 28.6 Å². The molecule has 0 spiro atoms. The highest BCUT2D eigenvalue weighted by atomic mass is 32.2. The maximum atomic E-state index is 13.1. The van der Waals surface area contributed by atoms with Crippen molar-refractivity contribution in [2.45, 2.75) is 24.0 Å². The predicted octanol–water partition coefficient (Wildman–Crippen LogP) is 2.75. The van der Waals surface area contributed by atoms with Gasteiger partial charge in [0.25, 0.3) is 5.69 Å². The number of non-ortho nitro benzene ring substituents is 1. The molecular formula is C17H18N2O5S. The summed E-state index contributed by atoms with van der Waals surface area (Å²) in [6.07, 6.45) is -0.112. The summed E-state index contributed by atoms with van der Waals surface area (Å²) in [5, 5.41) is 10.8. The lowest BCUT2D eigenvalue weighted by Gasteiger charge is -2.28. The first-order chi connectivity index (χ1) is 11.9. The first-order valence-corrected chi connectivity index (χ1v) is 9.26. The predicted molar refractivity (Wildman–Crippen MR) is 91.6 cm³/mol. The number of rotatable bonds is 7. The van der Waals surface area contributed by atoms with E-state index in [0.717, 1.165) is 5.56 Å². The number of nitro benzene ring substituents is 1. The molecule has 3 rings (SSSR count). The van der Waals surface area contributed by atoms with Crippen LogP contribution in [0.2, 0.25) is 0 Å². The highest BCUT2D eigenvalue weighted by molar-refractivity contribution is 7.89. The lowest BCUT2D eigenvalue weighted by Crippen LogP contribution is -2.36. The topological polar surface area (TPSA) is 93.1 Å². The molecule has 1 aliphatic rings. The molecule has 2 aromatic carbocycles. The lowest BCUT2D eigenvalue weighted by atomic mass is 10.1. The van der Waals surface area contributed by atoms with Gasteiger partial charge in [0.1, 0.15) is 0 Å². The van der Waals surface area contributed by atoms with Crippen molar-refractivity contribution in [3.05, 3.63) is 70.3 Å². The van der Waals surface area contributed by atoms with Crippen LogP contribution < -0.4 is 0 Å². The molecule has 0 bridgehead atoms. The minimum atomic E-state index is -3.82. The molecule has 8 heteroatoms. The third kappa shape index (κ3) is 3.87. The average Bonchev–Trinajstić information content (AvgIpc) is 3.44. The third-order valence-electron chi connectivity index (χ3n) is 4.15. The van der Waals surface area contributed by atoms with Crippen molar-refractivity contribution in [3.8, 4) is 0 Å². The second-order valence-electron chi connectivity index (χ2n) is 5.87. The Morgan fingerprint density at radius 3 is 2.32 bits per heavy atom. The van der Waals surface area contributed by atoms with Crippen LogP contribution in [0.3, 0.4) is 0 Å². The molecule has 2 aromatic rings. The minimum absolute atomic E-state index is 0.0292. The van der Waals surface area contributed by atoms with E-state index in [0.29, 0.717) is 6.61 Å². The monoisotopic (exact) mass is 362 g/mol. The first kappa shape index (κ1) is 17.5. The fourth-order valence-corrected chi connectivity index (χ4v) is 4.26. The summed E-state index contributed by atoms with van der Waals surface area (Å²) < 4.78 is 32.8. The summed E-state index contributed by atoms with van der Waals surface area (Å²) in [4.78, 5) is 10.2. The zero-order chi connectivity index (χ0) is 18.0. The second-order valence-corrected chi connectivity index (χ2v) is 7.76. The van der Waals surface area contributed by atoms with E-state index >= 15 is 0 Å². The number of nitrogens with zero attached hydrogens (tertiary/aromatic N) is 2. The fourth-order valence-electron chi connectivity index (χ4n) is 2.61. The molecule has 0 aliphatic carbocycles. The summed E-state index contributed by atoms with van der Waals surface area (Å²) >= 11 is 0. The number of ether oxygens (including phenoxy) is 1. The van der Waals surface area contributed by atoms with Crippen LogP contribution in [-0.2, 0) is 14.8 Å². The minimum Gasteiger partial charge on any atom is -0.372 e. The van der Waals surface area contributed by atoms with E-state index in [1.807, 2.05) is 37.3 Å². The molecule has 0 radical (unpaired) electrons. The van der Waals surface area contributed by atoms with Crippen molar-refractivity contribution in [2.24, 2.45) is 0 Å². The largest absolute Gasteiger partial charge is 0.372 e. The Kier molecular flexibility index (Phi) is 4.85. The maximum absolute atomic E-state index is 13.1. The van der Waals surface area contributed by atoms with Gasteiger partial charge in [0, 0.05) is 24.7 Å². The smallest absolute Gasteiger partial charge is 0.269 e. The molecule has 0 amide bonds. The van der Waals surface area contributed by atoms with Crippen molar-refractivity contribution >= 4 is 15.7 Å². The van der Waals surface area contributed by atoms with Gasteiger partial charge in [-0.2, -0.15) is 4.31 Å². The molecule has 1 fully saturated rings. The van der Waals surface area contributed by atoms with E-state index in [1.54, 1.807) is 0 Å². The molecule has 1 aliphatic heterocycles. The van der Waals surface area contributed by atoms with Crippen LogP contribution in [0.15, 0.2) is 59.5 Å². The van der Waals surface area contributed by atoms with Crippen molar-refractivity contribution in [1.82, 2.24) is 4.31 Å². The third-order valence-corrected chi connectivity index (χ3v) is 6.10. The molecule has 2 unspecified atom stereocenters. The van der Waals surface area contributed by atoms with Crippen LogP contribution in [0.5, 0.6) is 0 Å². The van der Waals surface area contributed by atoms with E-state index in [-0.39, 0.29) is 29.3 Å². The van der Waals surface area contributed by atoms with Gasteiger partial charge in [-0.3, -0.25) is 10.1 Å². The van der Waals surface area contributed by atoms with Crippen LogP contribution in [0.1, 0.15) is 18.5 Å². The number of benzene rings is 2. The van der Waals surface area contributed by atoms with Crippen molar-refractivity contribution in [2.75, 3.05) is 13.2 Å². The van der Waals surface area contributed by atoms with Crippen LogP contribution in [0.4, 0.5) is 5.69 Å². The Labute approximate surface area is 146 Å². The molecule has 2 atom stereocenters. The van der Waals surface area contributed by atoms with Gasteiger partial charge in [-0.1, -0.05) is 30.3 Å². The molecule has 0 N–H and O–H groups in total. The molecule has 7 nitrogen and oxygen atoms in total. The summed E-state index contributed by atoms with van der Waals surface area (Å²) in [6.45, 7) is 2.60. The molecule has 0 saturated carbocycles. The van der Waals surface area contributed by atoms with Gasteiger partial charge < -0.3 is 4.74 Å². The fraction of sp³-hybridized carbons (Fsp3) is 0.294. The second kappa shape index (κ2) is 6.91. The molecular weight excluding hydrogens is 344 g/mol. The molecule has 1 saturated heterocycles. The van der Waals surface area contributed by atoms with Gasteiger partial charge in [-0.05, 0) is 24.6 Å². The van der Waals surface area contributed by atoms with Crippen LogP contribution in [-0.4, -0.2) is 36.9 Å². The Morgan fingerprint density at radius 1 is 1.20 bits per heavy atom. The zero-order valence-corrected chi connectivity index (χ0v) is 14.4. The molecule has 132 valence electrons. The average molecular weight is 362 g/mol. The van der Waals surface area contributed by atoms with Crippen molar-refractivity contribution in [1.29, 1.82) is 0 Å². The highest BCUT2D eigenvalue weighted by Gasteiger charge is 2.36. The van der Waals surface area contributed by atoms with E-state index in [2.05, 4.69) is 0 Å². The van der Waals surface area contributed by atoms with E-state index < -0.39 is 14.9 Å². The van der Waals surface area contributed by atoms with Crippen molar-refractivity contribution in [3.63, 3.8) is 0 Å². The van der Waals surface area contributed by atoms with E-state index in [4.69, 9.17) is 4.74 Å². The Balaban J connectivity index is 1.94. The van der Waals surface area contributed by atoms with Gasteiger partial charge in [0.15, 0.2) is 0 Å². The summed E-state index contributed by atoms with van der Waals surface area (Å²) in [5.74, 6) is 0. The number of epoxide rings is 1. The Bertz CT molecular complexity index is 848. The van der Waals surface area contributed by atoms with Crippen LogP contribution in [0.25, 0.3) is 0 Å². The SMILES string of the molecule is CC(c1ccccc1)N(CC1CO1)S(=O)(=O)c1ccc([N+](=O)[O-])cc1. The normalized spacial score (nSPS) is 18.1. The molecule has 25 heavy (non-hydrogen) atoms. The Hall–Kier alpha value is -2.29. The quantitative estimate of drug-likeness (QED) is 0.429. The number of nitro groups is 1. The zero-order valence-electron chi connectivity index (χ0n) is 13.6. The standard InChI is InChI=1S/C17H18N2O5S/c1-13(14-5-3-2-4-6-14)18(11-16-12-24-16)25(22,23)17-9-7-15(8-10-17)19(20)21/h2-10,13,16H,11-12H2,1H3. The first-order valence-electron chi connectivity index (χ1n) is 7.82. The van der Waals surface area contributed by atoms with Gasteiger partial charge in [-0.25, -0.2) is 8.42 Å². The van der Waals surface area contributed by atoms with Gasteiger partial charge in [0.2, 0.25) is 10.0 Å². The highest BCUT2D eigenvalue weighted by Crippen LogP contribution is 2.30. The summed E-state index contributed by atoms with van der Waals surface area (Å²) in [7, 11) is -3.82. The van der Waals surface area contributed by atoms with Gasteiger partial charge >= 0.3 is 0 Å². The molecule has 0 aromatic heterocycles. The van der Waals surface area contributed by atoms with Gasteiger partial charge in [0.05, 0.1) is 22.5 Å². The molecule has 1 heterocycles. The van der Waals surface area contributed by atoms with E-state index in [9.17, 15) is 18.5 Å². The number of sulfonamides is 1. The van der Waals surface area contributed by atoms with Crippen molar-refractivity contribution < 1.29 is 18.1 Å².